The van der Waals surface area contributed by atoms with Crippen molar-refractivity contribution in [3.05, 3.63) is 93.7 Å². The molecule has 0 unspecified atom stereocenters. The Morgan fingerprint density at radius 2 is 1.53 bits per heavy atom. The molecule has 0 amide bonds. The zero-order chi connectivity index (χ0) is 27.4. The van der Waals surface area contributed by atoms with E-state index in [1.165, 1.54) is 45.1 Å². The topological polar surface area (TPSA) is 24.7 Å². The lowest BCUT2D eigenvalue weighted by Crippen LogP contribution is -2.26. The van der Waals surface area contributed by atoms with E-state index in [9.17, 15) is 0 Å². The summed E-state index contributed by atoms with van der Waals surface area (Å²) in [6, 6.07) is 12.6. The lowest BCUT2D eigenvalue weighted by atomic mass is 9.81. The summed E-state index contributed by atoms with van der Waals surface area (Å²) in [6.07, 6.45) is 10.8. The van der Waals surface area contributed by atoms with Crippen LogP contribution in [0.25, 0.3) is 0 Å². The third kappa shape index (κ3) is 4.10. The molecule has 2 aliphatic heterocycles. The van der Waals surface area contributed by atoms with Crippen molar-refractivity contribution in [1.82, 2.24) is 0 Å². The van der Waals surface area contributed by atoms with Gasteiger partial charge in [0.25, 0.3) is 0 Å². The van der Waals surface area contributed by atoms with E-state index in [-0.39, 0.29) is 10.8 Å². The fraction of sp³-hybridized carbons (Fsp3) is 0.364. The predicted molar refractivity (Wildman–Crippen MR) is 159 cm³/mol. The summed E-state index contributed by atoms with van der Waals surface area (Å²) in [6.45, 7) is 9.07. The van der Waals surface area contributed by atoms with Crippen LogP contribution < -0.4 is 14.4 Å². The fourth-order valence-corrected chi connectivity index (χ4v) is 6.57. The van der Waals surface area contributed by atoms with Gasteiger partial charge in [-0.05, 0) is 79.8 Å². The molecular weight excluding hydrogens is 492 g/mol. The molecule has 38 heavy (non-hydrogen) atoms. The summed E-state index contributed by atoms with van der Waals surface area (Å²) in [5.74, 6) is 1.78. The molecule has 5 heteroatoms. The maximum absolute atomic E-state index is 6.95. The Morgan fingerprint density at radius 1 is 0.868 bits per heavy atom. The maximum Gasteiger partial charge on any atom is 0.209 e. The number of ether oxygens (including phenoxy) is 2. The van der Waals surface area contributed by atoms with Gasteiger partial charge in [0.1, 0.15) is 18.5 Å². The first kappa shape index (κ1) is 26.4. The molecule has 0 saturated carbocycles. The lowest BCUT2D eigenvalue weighted by molar-refractivity contribution is -0.401. The van der Waals surface area contributed by atoms with Gasteiger partial charge in [-0.2, -0.15) is 4.58 Å². The highest BCUT2D eigenvalue weighted by Gasteiger charge is 2.43. The summed E-state index contributed by atoms with van der Waals surface area (Å²) in [5, 5.41) is 0.869. The largest absolute Gasteiger partial charge is 0.497 e. The molecule has 5 rings (SSSR count). The van der Waals surface area contributed by atoms with E-state index in [4.69, 9.17) is 21.1 Å². The Labute approximate surface area is 232 Å². The summed E-state index contributed by atoms with van der Waals surface area (Å²) < 4.78 is 13.3. The number of halogens is 1. The Kier molecular flexibility index (Phi) is 6.59. The highest BCUT2D eigenvalue weighted by atomic mass is 35.5. The molecule has 0 fully saturated rings. The molecule has 0 spiro atoms. The second-order valence-electron chi connectivity index (χ2n) is 11.4. The molecule has 0 saturated heterocycles. The first-order valence-electron chi connectivity index (χ1n) is 13.2. The van der Waals surface area contributed by atoms with Crippen molar-refractivity contribution in [2.45, 2.75) is 51.4 Å². The summed E-state index contributed by atoms with van der Waals surface area (Å²) in [4.78, 5) is 2.28. The third-order valence-corrected chi connectivity index (χ3v) is 9.08. The van der Waals surface area contributed by atoms with E-state index >= 15 is 0 Å². The van der Waals surface area contributed by atoms with Crippen LogP contribution in [0.1, 0.15) is 51.7 Å². The van der Waals surface area contributed by atoms with Crippen LogP contribution in [0.3, 0.4) is 0 Å². The predicted octanol–water partition coefficient (Wildman–Crippen LogP) is 7.79. The standard InChI is InChI=1S/C33H38ClN2O2/c1-32(2)25-19-23(37-7)13-15-27(25)35(5)29(32)17-11-21-9-10-22(31(21)34)12-18-30-33(3,4)26-20-24(38-8)14-16-28(26)36(30)6/h11-20H,9-10H2,1-8H3/q+1. The summed E-state index contributed by atoms with van der Waals surface area (Å²) >= 11 is 6.95. The number of rotatable bonds is 5. The van der Waals surface area contributed by atoms with Gasteiger partial charge in [0.2, 0.25) is 5.69 Å². The first-order valence-corrected chi connectivity index (χ1v) is 13.6. The molecule has 198 valence electrons. The lowest BCUT2D eigenvalue weighted by Gasteiger charge is -2.23. The molecule has 2 aromatic rings. The molecule has 2 aromatic carbocycles. The molecule has 0 N–H and O–H groups in total. The van der Waals surface area contributed by atoms with Gasteiger partial charge in [-0.3, -0.25) is 0 Å². The normalized spacial score (nSPS) is 21.8. The second-order valence-corrected chi connectivity index (χ2v) is 11.8. The molecule has 0 radical (unpaired) electrons. The van der Waals surface area contributed by atoms with Crippen LogP contribution in [-0.4, -0.2) is 38.6 Å². The zero-order valence-electron chi connectivity index (χ0n) is 23.8. The van der Waals surface area contributed by atoms with Crippen LogP contribution in [0, 0.1) is 0 Å². The minimum atomic E-state index is -0.125. The quantitative estimate of drug-likeness (QED) is 0.369. The Bertz CT molecular complexity index is 1470. The van der Waals surface area contributed by atoms with Crippen molar-refractivity contribution in [2.24, 2.45) is 0 Å². The number of benzene rings is 2. The van der Waals surface area contributed by atoms with Crippen molar-refractivity contribution in [2.75, 3.05) is 33.2 Å². The smallest absolute Gasteiger partial charge is 0.209 e. The van der Waals surface area contributed by atoms with E-state index in [2.05, 4.69) is 99.8 Å². The van der Waals surface area contributed by atoms with E-state index < -0.39 is 0 Å². The highest BCUT2D eigenvalue weighted by Crippen LogP contribution is 2.48. The number of nitrogens with zero attached hydrogens (tertiary/aromatic N) is 2. The van der Waals surface area contributed by atoms with Gasteiger partial charge in [0.15, 0.2) is 5.71 Å². The molecular formula is C33H38ClN2O2+. The Morgan fingerprint density at radius 3 is 2.21 bits per heavy atom. The van der Waals surface area contributed by atoms with Gasteiger partial charge in [-0.25, -0.2) is 0 Å². The number of allylic oxidation sites excluding steroid dienone is 8. The van der Waals surface area contributed by atoms with Crippen molar-refractivity contribution in [1.29, 1.82) is 0 Å². The number of hydrogen-bond acceptors (Lipinski definition) is 3. The molecule has 0 bridgehead atoms. The molecule has 4 nitrogen and oxygen atoms in total. The Balaban J connectivity index is 1.42. The maximum atomic E-state index is 6.95. The molecule has 2 heterocycles. The van der Waals surface area contributed by atoms with E-state index in [1.54, 1.807) is 14.2 Å². The van der Waals surface area contributed by atoms with Crippen LogP contribution in [0.15, 0.2) is 82.6 Å². The number of anilines is 1. The van der Waals surface area contributed by atoms with Crippen LogP contribution in [-0.2, 0) is 10.8 Å². The van der Waals surface area contributed by atoms with Crippen LogP contribution >= 0.6 is 11.6 Å². The van der Waals surface area contributed by atoms with Crippen molar-refractivity contribution >= 4 is 28.7 Å². The summed E-state index contributed by atoms with van der Waals surface area (Å²) in [7, 11) is 7.70. The average Bonchev–Trinajstić information content (AvgIpc) is 3.41. The number of fused-ring (bicyclic) bond motifs is 2. The van der Waals surface area contributed by atoms with Gasteiger partial charge in [-0.15, -0.1) is 0 Å². The van der Waals surface area contributed by atoms with E-state index in [0.29, 0.717) is 0 Å². The SMILES string of the molecule is COc1ccc2c(c1)C(C)(C)C(=CC=C1CCC(C=CC3=[N+](C)c4ccc(OC)cc4C3(C)C)=C1Cl)N2C. The van der Waals surface area contributed by atoms with Gasteiger partial charge in [-0.1, -0.05) is 37.6 Å². The van der Waals surface area contributed by atoms with Crippen molar-refractivity contribution in [3.8, 4) is 11.5 Å². The van der Waals surface area contributed by atoms with Crippen molar-refractivity contribution < 1.29 is 14.0 Å². The van der Waals surface area contributed by atoms with Crippen LogP contribution in [0.2, 0.25) is 0 Å². The monoisotopic (exact) mass is 529 g/mol. The molecule has 0 aromatic heterocycles. The number of methoxy groups -OCH3 is 2. The summed E-state index contributed by atoms with van der Waals surface area (Å²) in [5.41, 5.74) is 9.62. The first-order chi connectivity index (χ1) is 18.0. The third-order valence-electron chi connectivity index (χ3n) is 8.59. The molecule has 1 aliphatic carbocycles. The Hall–Kier alpha value is -3.24. The second kappa shape index (κ2) is 9.50. The molecule has 0 atom stereocenters. The van der Waals surface area contributed by atoms with Gasteiger partial charge >= 0.3 is 0 Å². The van der Waals surface area contributed by atoms with Gasteiger partial charge < -0.3 is 14.4 Å². The number of hydrogen-bond donors (Lipinski definition) is 0. The minimum Gasteiger partial charge on any atom is -0.497 e. The van der Waals surface area contributed by atoms with E-state index in [1.807, 2.05) is 12.1 Å². The molecule has 3 aliphatic rings. The highest BCUT2D eigenvalue weighted by molar-refractivity contribution is 6.33. The average molecular weight is 530 g/mol. The van der Waals surface area contributed by atoms with E-state index in [0.717, 1.165) is 29.4 Å². The fourth-order valence-electron chi connectivity index (χ4n) is 6.25. The van der Waals surface area contributed by atoms with Gasteiger partial charge in [0, 0.05) is 46.6 Å². The zero-order valence-corrected chi connectivity index (χ0v) is 24.5. The van der Waals surface area contributed by atoms with Crippen LogP contribution in [0.5, 0.6) is 11.5 Å². The van der Waals surface area contributed by atoms with Gasteiger partial charge in [0.05, 0.1) is 19.6 Å². The van der Waals surface area contributed by atoms with Crippen molar-refractivity contribution in [3.63, 3.8) is 0 Å². The number of likely N-dealkylation sites (N-methyl/N-ethyl adjacent to an activating group) is 1. The minimum absolute atomic E-state index is 0.125. The van der Waals surface area contributed by atoms with Crippen LogP contribution in [0.4, 0.5) is 11.4 Å².